The van der Waals surface area contributed by atoms with Gasteiger partial charge in [-0.05, 0) is 56.1 Å². The molecule has 4 N–H and O–H groups in total. The zero-order chi connectivity index (χ0) is 22.4. The van der Waals surface area contributed by atoms with Crippen LogP contribution in [0.15, 0.2) is 48.5 Å². The lowest BCUT2D eigenvalue weighted by Crippen LogP contribution is -2.41. The number of primary amides is 1. The molecule has 3 rings (SSSR count). The molecule has 0 radical (unpaired) electrons. The van der Waals surface area contributed by atoms with Gasteiger partial charge in [-0.1, -0.05) is 35.9 Å². The molecule has 0 aliphatic carbocycles. The molecule has 1 aliphatic heterocycles. The molecule has 0 spiro atoms. The molecule has 1 heterocycles. The first-order valence-corrected chi connectivity index (χ1v) is 10.7. The number of piperidine rings is 1. The molecule has 3 amide bonds. The third-order valence-corrected chi connectivity index (χ3v) is 5.72. The van der Waals surface area contributed by atoms with Gasteiger partial charge in [-0.3, -0.25) is 19.3 Å². The fourth-order valence-corrected chi connectivity index (χ4v) is 3.84. The highest BCUT2D eigenvalue weighted by Crippen LogP contribution is 2.19. The number of nitrogens with one attached hydrogen (secondary N) is 2. The second-order valence-electron chi connectivity index (χ2n) is 7.84. The number of carbonyl (C=O) groups is 3. The van der Waals surface area contributed by atoms with Crippen LogP contribution >= 0.6 is 11.6 Å². The molecule has 8 heteroatoms. The minimum absolute atomic E-state index is 0.0882. The van der Waals surface area contributed by atoms with E-state index in [9.17, 15) is 14.4 Å². The Balaban J connectivity index is 1.52. The lowest BCUT2D eigenvalue weighted by Gasteiger charge is -2.31. The molecule has 1 fully saturated rings. The quantitative estimate of drug-likeness (QED) is 0.613. The van der Waals surface area contributed by atoms with Gasteiger partial charge in [0.15, 0.2) is 0 Å². The minimum atomic E-state index is -0.734. The highest BCUT2D eigenvalue weighted by molar-refractivity contribution is 6.33. The van der Waals surface area contributed by atoms with Crippen LogP contribution in [-0.4, -0.2) is 41.8 Å². The minimum Gasteiger partial charge on any atom is -0.369 e. The molecule has 164 valence electrons. The van der Waals surface area contributed by atoms with Crippen molar-refractivity contribution < 1.29 is 14.4 Å². The lowest BCUT2D eigenvalue weighted by molar-refractivity contribution is -0.123. The summed E-state index contributed by atoms with van der Waals surface area (Å²) in [6.45, 7) is 3.95. The second kappa shape index (κ2) is 10.4. The fraction of sp³-hybridized carbons (Fsp3) is 0.348. The van der Waals surface area contributed by atoms with Crippen LogP contribution in [-0.2, 0) is 16.1 Å². The second-order valence-corrected chi connectivity index (χ2v) is 8.25. The summed E-state index contributed by atoms with van der Waals surface area (Å²) in [6, 6.07) is 13.5. The van der Waals surface area contributed by atoms with Crippen molar-refractivity contribution in [2.75, 3.05) is 18.4 Å². The number of rotatable bonds is 7. The maximum atomic E-state index is 12.5. The SMILES string of the molecule is CC(NC(=O)c1ccccc1Cl)C(=O)Nc1ccc(CN2CCCC(C(N)=O)C2)cc1. The van der Waals surface area contributed by atoms with Gasteiger partial charge < -0.3 is 16.4 Å². The highest BCUT2D eigenvalue weighted by atomic mass is 35.5. The molecule has 1 aliphatic rings. The van der Waals surface area contributed by atoms with Crippen molar-refractivity contribution in [2.24, 2.45) is 11.7 Å². The standard InChI is InChI=1S/C23H27ClN4O3/c1-15(26-23(31)19-6-2-3-7-20(19)24)22(30)27-18-10-8-16(9-11-18)13-28-12-4-5-17(14-28)21(25)29/h2-3,6-11,15,17H,4-5,12-14H2,1H3,(H2,25,29)(H,26,31)(H,27,30). The maximum absolute atomic E-state index is 12.5. The van der Waals surface area contributed by atoms with Gasteiger partial charge in [-0.2, -0.15) is 0 Å². The number of amides is 3. The summed E-state index contributed by atoms with van der Waals surface area (Å²) >= 11 is 6.03. The molecule has 0 aromatic heterocycles. The third kappa shape index (κ3) is 6.29. The molecular weight excluding hydrogens is 416 g/mol. The van der Waals surface area contributed by atoms with Gasteiger partial charge in [0.25, 0.3) is 5.91 Å². The van der Waals surface area contributed by atoms with Gasteiger partial charge in [0.1, 0.15) is 6.04 Å². The van der Waals surface area contributed by atoms with Crippen molar-refractivity contribution in [3.63, 3.8) is 0 Å². The molecule has 2 aromatic rings. The summed E-state index contributed by atoms with van der Waals surface area (Å²) in [4.78, 5) is 38.4. The Labute approximate surface area is 186 Å². The first-order valence-electron chi connectivity index (χ1n) is 10.3. The average molecular weight is 443 g/mol. The topological polar surface area (TPSA) is 105 Å². The van der Waals surface area contributed by atoms with Crippen LogP contribution in [0.2, 0.25) is 5.02 Å². The average Bonchev–Trinajstić information content (AvgIpc) is 2.75. The van der Waals surface area contributed by atoms with E-state index in [4.69, 9.17) is 17.3 Å². The number of carbonyl (C=O) groups excluding carboxylic acids is 3. The van der Waals surface area contributed by atoms with E-state index in [2.05, 4.69) is 15.5 Å². The van der Waals surface area contributed by atoms with Crippen molar-refractivity contribution in [2.45, 2.75) is 32.4 Å². The van der Waals surface area contributed by atoms with Crippen LogP contribution in [0, 0.1) is 5.92 Å². The van der Waals surface area contributed by atoms with Gasteiger partial charge in [0.05, 0.1) is 16.5 Å². The van der Waals surface area contributed by atoms with Crippen LogP contribution in [0.25, 0.3) is 0 Å². The van der Waals surface area contributed by atoms with Crippen LogP contribution < -0.4 is 16.4 Å². The smallest absolute Gasteiger partial charge is 0.253 e. The van der Waals surface area contributed by atoms with E-state index in [-0.39, 0.29) is 17.7 Å². The molecular formula is C23H27ClN4O3. The van der Waals surface area contributed by atoms with E-state index in [1.807, 2.05) is 24.3 Å². The Hall–Kier alpha value is -2.90. The van der Waals surface area contributed by atoms with Crippen LogP contribution in [0.5, 0.6) is 0 Å². The predicted molar refractivity (Wildman–Crippen MR) is 121 cm³/mol. The molecule has 0 bridgehead atoms. The van der Waals surface area contributed by atoms with Crippen LogP contribution in [0.3, 0.4) is 0 Å². The fourth-order valence-electron chi connectivity index (χ4n) is 3.62. The number of nitrogens with zero attached hydrogens (tertiary/aromatic N) is 1. The number of likely N-dealkylation sites (tertiary alicyclic amines) is 1. The predicted octanol–water partition coefficient (Wildman–Crippen LogP) is 2.79. The third-order valence-electron chi connectivity index (χ3n) is 5.39. The summed E-state index contributed by atoms with van der Waals surface area (Å²) in [5.74, 6) is -1.05. The first-order chi connectivity index (χ1) is 14.8. The Morgan fingerprint density at radius 1 is 1.16 bits per heavy atom. The van der Waals surface area contributed by atoms with Crippen molar-refractivity contribution in [1.29, 1.82) is 0 Å². The van der Waals surface area contributed by atoms with Gasteiger partial charge in [0.2, 0.25) is 11.8 Å². The van der Waals surface area contributed by atoms with Crippen LogP contribution in [0.1, 0.15) is 35.7 Å². The van der Waals surface area contributed by atoms with Crippen molar-refractivity contribution in [3.8, 4) is 0 Å². The summed E-state index contributed by atoms with van der Waals surface area (Å²) in [5, 5.41) is 5.79. The van der Waals surface area contributed by atoms with E-state index in [0.717, 1.165) is 31.5 Å². The number of hydrogen-bond acceptors (Lipinski definition) is 4. The van der Waals surface area contributed by atoms with Crippen LogP contribution in [0.4, 0.5) is 5.69 Å². The van der Waals surface area contributed by atoms with Crippen molar-refractivity contribution in [1.82, 2.24) is 10.2 Å². The van der Waals surface area contributed by atoms with E-state index in [0.29, 0.717) is 22.8 Å². The van der Waals surface area contributed by atoms with Gasteiger partial charge in [0, 0.05) is 18.8 Å². The van der Waals surface area contributed by atoms with Gasteiger partial charge in [-0.15, -0.1) is 0 Å². The maximum Gasteiger partial charge on any atom is 0.253 e. The van der Waals surface area contributed by atoms with Gasteiger partial charge >= 0.3 is 0 Å². The monoisotopic (exact) mass is 442 g/mol. The number of benzene rings is 2. The molecule has 2 aromatic carbocycles. The zero-order valence-corrected chi connectivity index (χ0v) is 18.2. The Morgan fingerprint density at radius 2 is 1.87 bits per heavy atom. The Morgan fingerprint density at radius 3 is 2.55 bits per heavy atom. The Kier molecular flexibility index (Phi) is 7.65. The normalized spacial score (nSPS) is 17.5. The van der Waals surface area contributed by atoms with Gasteiger partial charge in [-0.25, -0.2) is 0 Å². The van der Waals surface area contributed by atoms with Crippen molar-refractivity contribution in [3.05, 3.63) is 64.7 Å². The highest BCUT2D eigenvalue weighted by Gasteiger charge is 2.24. The first kappa shape index (κ1) is 22.8. The number of anilines is 1. The molecule has 1 saturated heterocycles. The Bertz CT molecular complexity index is 948. The van der Waals surface area contributed by atoms with E-state index < -0.39 is 11.9 Å². The molecule has 2 atom stereocenters. The van der Waals surface area contributed by atoms with Crippen molar-refractivity contribution >= 4 is 35.0 Å². The lowest BCUT2D eigenvalue weighted by atomic mass is 9.97. The molecule has 31 heavy (non-hydrogen) atoms. The zero-order valence-electron chi connectivity index (χ0n) is 17.4. The van der Waals surface area contributed by atoms with E-state index >= 15 is 0 Å². The number of nitrogens with two attached hydrogens (primary N) is 1. The summed E-state index contributed by atoms with van der Waals surface area (Å²) in [6.07, 6.45) is 1.81. The van der Waals surface area contributed by atoms with E-state index in [1.165, 1.54) is 0 Å². The summed E-state index contributed by atoms with van der Waals surface area (Å²) in [7, 11) is 0. The largest absolute Gasteiger partial charge is 0.369 e. The van der Waals surface area contributed by atoms with E-state index in [1.54, 1.807) is 31.2 Å². The number of hydrogen-bond donors (Lipinski definition) is 3. The molecule has 0 saturated carbocycles. The summed E-state index contributed by atoms with van der Waals surface area (Å²) < 4.78 is 0. The number of halogens is 1. The molecule has 7 nitrogen and oxygen atoms in total. The summed E-state index contributed by atoms with van der Waals surface area (Å²) in [5.41, 5.74) is 7.50. The molecule has 2 unspecified atom stereocenters.